The molecule has 7 nitrogen and oxygen atoms in total. The van der Waals surface area contributed by atoms with Crippen molar-refractivity contribution in [1.82, 2.24) is 19.5 Å². The Morgan fingerprint density at radius 1 is 1.12 bits per heavy atom. The molecule has 0 aliphatic carbocycles. The van der Waals surface area contributed by atoms with Gasteiger partial charge in [-0.1, -0.05) is 6.07 Å². The van der Waals surface area contributed by atoms with Crippen molar-refractivity contribution >= 4 is 17.0 Å². The lowest BCUT2D eigenvalue weighted by Gasteiger charge is -2.11. The van der Waals surface area contributed by atoms with E-state index in [0.717, 1.165) is 11.4 Å². The van der Waals surface area contributed by atoms with Crippen LogP contribution in [0.25, 0.3) is 11.2 Å². The van der Waals surface area contributed by atoms with Crippen molar-refractivity contribution in [3.05, 3.63) is 47.6 Å². The topological polar surface area (TPSA) is 88.1 Å². The number of imidazole rings is 1. The van der Waals surface area contributed by atoms with Crippen LogP contribution in [0.2, 0.25) is 0 Å². The molecule has 2 aromatic heterocycles. The second-order valence-corrected chi connectivity index (χ2v) is 5.67. The summed E-state index contributed by atoms with van der Waals surface area (Å²) in [7, 11) is 0. The standard InChI is InChI=1S/C17H16FN5O2/c1-10-20-14-15(19)21-17-22-16(14)23(10)9-11-4-5-12(18)13(8-11)24-6-2-3-7-25-17/h2-5,8H,6-7,9H2,1H3,(H2,19,21,22)/b3-2+. The highest BCUT2D eigenvalue weighted by atomic mass is 19.1. The van der Waals surface area contributed by atoms with Crippen molar-refractivity contribution in [1.29, 1.82) is 0 Å². The van der Waals surface area contributed by atoms with Crippen LogP contribution in [0.4, 0.5) is 10.2 Å². The molecule has 0 amide bonds. The average Bonchev–Trinajstić information content (AvgIpc) is 2.90. The lowest BCUT2D eigenvalue weighted by molar-refractivity contribution is 0.325. The van der Waals surface area contributed by atoms with Crippen LogP contribution in [0.15, 0.2) is 30.4 Å². The summed E-state index contributed by atoms with van der Waals surface area (Å²) in [5.41, 5.74) is 7.95. The normalized spacial score (nSPS) is 15.4. The van der Waals surface area contributed by atoms with Crippen molar-refractivity contribution in [2.24, 2.45) is 0 Å². The van der Waals surface area contributed by atoms with Gasteiger partial charge in [-0.15, -0.1) is 0 Å². The first-order valence-electron chi connectivity index (χ1n) is 7.81. The van der Waals surface area contributed by atoms with Crippen LogP contribution in [0, 0.1) is 12.7 Å². The fourth-order valence-corrected chi connectivity index (χ4v) is 2.70. The van der Waals surface area contributed by atoms with E-state index in [-0.39, 0.29) is 30.8 Å². The molecule has 1 aliphatic rings. The van der Waals surface area contributed by atoms with Crippen molar-refractivity contribution in [2.45, 2.75) is 13.5 Å². The maximum atomic E-state index is 13.9. The Morgan fingerprint density at radius 3 is 2.76 bits per heavy atom. The number of aryl methyl sites for hydroxylation is 1. The maximum absolute atomic E-state index is 13.9. The van der Waals surface area contributed by atoms with Crippen molar-refractivity contribution in [3.8, 4) is 11.8 Å². The lowest BCUT2D eigenvalue weighted by atomic mass is 10.2. The minimum Gasteiger partial charge on any atom is -0.486 e. The number of ether oxygens (including phenoxy) is 2. The molecule has 4 bridgehead atoms. The van der Waals surface area contributed by atoms with E-state index in [0.29, 0.717) is 17.7 Å². The molecular formula is C17H16FN5O2. The molecule has 1 aliphatic heterocycles. The summed E-state index contributed by atoms with van der Waals surface area (Å²) < 4.78 is 26.8. The highest BCUT2D eigenvalue weighted by Crippen LogP contribution is 2.25. The fourth-order valence-electron chi connectivity index (χ4n) is 2.70. The molecule has 8 heteroatoms. The minimum atomic E-state index is -0.401. The van der Waals surface area contributed by atoms with E-state index in [4.69, 9.17) is 15.2 Å². The number of nitrogens with two attached hydrogens (primary N) is 1. The van der Waals surface area contributed by atoms with Gasteiger partial charge in [-0.2, -0.15) is 9.97 Å². The Hall–Kier alpha value is -3.16. The fraction of sp³-hybridized carbons (Fsp3) is 0.235. The van der Waals surface area contributed by atoms with Gasteiger partial charge in [0, 0.05) is 0 Å². The van der Waals surface area contributed by atoms with Gasteiger partial charge in [-0.25, -0.2) is 9.37 Å². The average molecular weight is 341 g/mol. The molecule has 3 heterocycles. The molecule has 3 aromatic rings. The molecule has 0 saturated heterocycles. The third-order valence-electron chi connectivity index (χ3n) is 3.94. The van der Waals surface area contributed by atoms with Crippen LogP contribution >= 0.6 is 0 Å². The number of anilines is 1. The van der Waals surface area contributed by atoms with Gasteiger partial charge in [0.05, 0.1) is 6.54 Å². The Kier molecular flexibility index (Phi) is 3.72. The number of halogens is 1. The molecule has 0 atom stereocenters. The number of rotatable bonds is 0. The summed E-state index contributed by atoms with van der Waals surface area (Å²) in [6, 6.07) is 4.97. The molecule has 0 radical (unpaired) electrons. The number of aromatic nitrogens is 4. The number of nitrogens with zero attached hydrogens (tertiary/aromatic N) is 4. The first-order chi connectivity index (χ1) is 12.1. The van der Waals surface area contributed by atoms with Crippen LogP contribution in [0.3, 0.4) is 0 Å². The van der Waals surface area contributed by atoms with E-state index in [1.165, 1.54) is 6.07 Å². The quantitative estimate of drug-likeness (QED) is 0.631. The Balaban J connectivity index is 1.88. The monoisotopic (exact) mass is 341 g/mol. The molecule has 1 aromatic carbocycles. The molecule has 2 N–H and O–H groups in total. The zero-order chi connectivity index (χ0) is 17.4. The largest absolute Gasteiger partial charge is 0.486 e. The number of nitrogen functional groups attached to an aromatic ring is 1. The predicted octanol–water partition coefficient (Wildman–Crippen LogP) is 2.23. The Morgan fingerprint density at radius 2 is 1.92 bits per heavy atom. The van der Waals surface area contributed by atoms with Crippen LogP contribution in [-0.4, -0.2) is 32.7 Å². The number of fused-ring (bicyclic) bond motifs is 3. The van der Waals surface area contributed by atoms with E-state index in [9.17, 15) is 4.39 Å². The van der Waals surface area contributed by atoms with Crippen LogP contribution < -0.4 is 15.2 Å². The first-order valence-corrected chi connectivity index (χ1v) is 7.81. The van der Waals surface area contributed by atoms with Gasteiger partial charge in [0.1, 0.15) is 19.0 Å². The molecule has 128 valence electrons. The van der Waals surface area contributed by atoms with E-state index in [2.05, 4.69) is 15.0 Å². The van der Waals surface area contributed by atoms with Gasteiger partial charge in [-0.05, 0) is 36.8 Å². The van der Waals surface area contributed by atoms with Crippen molar-refractivity contribution in [3.63, 3.8) is 0 Å². The second-order valence-electron chi connectivity index (χ2n) is 5.67. The highest BCUT2D eigenvalue weighted by molar-refractivity contribution is 5.82. The second kappa shape index (κ2) is 6.04. The van der Waals surface area contributed by atoms with Gasteiger partial charge < -0.3 is 19.8 Å². The van der Waals surface area contributed by atoms with Crippen molar-refractivity contribution in [2.75, 3.05) is 18.9 Å². The van der Waals surface area contributed by atoms with Gasteiger partial charge in [0.2, 0.25) is 0 Å². The van der Waals surface area contributed by atoms with E-state index < -0.39 is 5.82 Å². The lowest BCUT2D eigenvalue weighted by Crippen LogP contribution is -2.07. The van der Waals surface area contributed by atoms with E-state index in [1.807, 2.05) is 11.5 Å². The zero-order valence-corrected chi connectivity index (χ0v) is 13.6. The first kappa shape index (κ1) is 15.4. The summed E-state index contributed by atoms with van der Waals surface area (Å²) >= 11 is 0. The summed E-state index contributed by atoms with van der Waals surface area (Å²) in [5, 5.41) is 0. The van der Waals surface area contributed by atoms with Gasteiger partial charge in [0.15, 0.2) is 28.5 Å². The van der Waals surface area contributed by atoms with E-state index in [1.54, 1.807) is 24.3 Å². The molecular weight excluding hydrogens is 325 g/mol. The summed E-state index contributed by atoms with van der Waals surface area (Å²) in [5.74, 6) is 0.798. The zero-order valence-electron chi connectivity index (χ0n) is 13.6. The van der Waals surface area contributed by atoms with Crippen LogP contribution in [0.1, 0.15) is 11.4 Å². The van der Waals surface area contributed by atoms with Crippen molar-refractivity contribution < 1.29 is 13.9 Å². The van der Waals surface area contributed by atoms with Gasteiger partial charge in [-0.3, -0.25) is 0 Å². The molecule has 0 fully saturated rings. The highest BCUT2D eigenvalue weighted by Gasteiger charge is 2.16. The summed E-state index contributed by atoms with van der Waals surface area (Å²) in [4.78, 5) is 13.0. The predicted molar refractivity (Wildman–Crippen MR) is 90.1 cm³/mol. The molecule has 25 heavy (non-hydrogen) atoms. The maximum Gasteiger partial charge on any atom is 0.320 e. The smallest absolute Gasteiger partial charge is 0.320 e. The Labute approximate surface area is 142 Å². The minimum absolute atomic E-state index is 0.188. The van der Waals surface area contributed by atoms with E-state index >= 15 is 0 Å². The number of benzene rings is 1. The van der Waals surface area contributed by atoms with Gasteiger partial charge in [0.25, 0.3) is 0 Å². The number of hydrogen-bond acceptors (Lipinski definition) is 6. The van der Waals surface area contributed by atoms with Gasteiger partial charge >= 0.3 is 6.01 Å². The van der Waals surface area contributed by atoms with Crippen LogP contribution in [-0.2, 0) is 6.54 Å². The third kappa shape index (κ3) is 2.86. The summed E-state index contributed by atoms with van der Waals surface area (Å²) in [6.07, 6.45) is 3.49. The SMILES string of the molecule is Cc1nc2c(N)nc3nc2n1Cc1ccc(F)c(c1)OC/C=C/CO3. The summed E-state index contributed by atoms with van der Waals surface area (Å²) in [6.45, 7) is 2.80. The molecule has 0 unspecified atom stereocenters. The number of hydrogen-bond donors (Lipinski definition) is 1. The Bertz CT molecular complexity index is 983. The molecule has 4 rings (SSSR count). The molecule has 0 saturated carbocycles. The third-order valence-corrected chi connectivity index (χ3v) is 3.94. The molecule has 0 spiro atoms. The van der Waals surface area contributed by atoms with Crippen LogP contribution in [0.5, 0.6) is 11.8 Å².